The lowest BCUT2D eigenvalue weighted by atomic mass is 10.1. The number of methoxy groups -OCH3 is 1. The van der Waals surface area contributed by atoms with Crippen molar-refractivity contribution < 1.29 is 14.3 Å². The van der Waals surface area contributed by atoms with Gasteiger partial charge in [-0.2, -0.15) is 0 Å². The maximum absolute atomic E-state index is 12.4. The molecule has 2 aromatic heterocycles. The van der Waals surface area contributed by atoms with Crippen LogP contribution < -0.4 is 10.6 Å². The van der Waals surface area contributed by atoms with Gasteiger partial charge in [0.1, 0.15) is 5.00 Å². The molecule has 0 saturated heterocycles. The van der Waals surface area contributed by atoms with Gasteiger partial charge >= 0.3 is 5.97 Å². The van der Waals surface area contributed by atoms with E-state index in [9.17, 15) is 9.59 Å². The van der Waals surface area contributed by atoms with E-state index in [0.717, 1.165) is 16.1 Å². The molecule has 7 nitrogen and oxygen atoms in total. The van der Waals surface area contributed by atoms with Gasteiger partial charge in [-0.05, 0) is 38.5 Å². The molecule has 0 fully saturated rings. The first-order valence-electron chi connectivity index (χ1n) is 8.65. The molecule has 10 heteroatoms. The molecule has 2 heterocycles. The van der Waals surface area contributed by atoms with Crippen LogP contribution in [0.25, 0.3) is 0 Å². The molecule has 0 aliphatic rings. The number of thioether (sulfide) groups is 1. The summed E-state index contributed by atoms with van der Waals surface area (Å²) in [6.45, 7) is 5.77. The van der Waals surface area contributed by atoms with E-state index in [-0.39, 0.29) is 11.7 Å². The van der Waals surface area contributed by atoms with Crippen LogP contribution in [0.2, 0.25) is 0 Å². The fraction of sp³-hybridized carbons (Fsp3) is 0.263. The number of ether oxygens (including phenoxy) is 1. The van der Waals surface area contributed by atoms with E-state index in [0.29, 0.717) is 20.0 Å². The summed E-state index contributed by atoms with van der Waals surface area (Å²) in [5.41, 5.74) is 3.34. The van der Waals surface area contributed by atoms with Crippen molar-refractivity contribution in [3.8, 4) is 0 Å². The third-order valence-corrected chi connectivity index (χ3v) is 7.16. The van der Waals surface area contributed by atoms with E-state index < -0.39 is 5.97 Å². The summed E-state index contributed by atoms with van der Waals surface area (Å²) in [7, 11) is 1.33. The second-order valence-electron chi connectivity index (χ2n) is 6.18. The molecule has 0 aliphatic carbocycles. The Bertz CT molecular complexity index is 1030. The van der Waals surface area contributed by atoms with Crippen molar-refractivity contribution in [1.29, 1.82) is 0 Å². The average molecular weight is 449 g/mol. The normalized spacial score (nSPS) is 10.6. The first-order valence-corrected chi connectivity index (χ1v) is 11.3. The van der Waals surface area contributed by atoms with Gasteiger partial charge in [0.2, 0.25) is 11.0 Å². The molecule has 2 N–H and O–H groups in total. The van der Waals surface area contributed by atoms with E-state index in [2.05, 4.69) is 20.8 Å². The number of anilines is 3. The van der Waals surface area contributed by atoms with Crippen LogP contribution in [0.5, 0.6) is 0 Å². The van der Waals surface area contributed by atoms with Crippen LogP contribution in [-0.2, 0) is 9.53 Å². The summed E-state index contributed by atoms with van der Waals surface area (Å²) in [6, 6.07) is 7.97. The molecule has 0 aliphatic heterocycles. The smallest absolute Gasteiger partial charge is 0.341 e. The van der Waals surface area contributed by atoms with Gasteiger partial charge in [0, 0.05) is 10.6 Å². The van der Waals surface area contributed by atoms with E-state index in [1.54, 1.807) is 0 Å². The minimum Gasteiger partial charge on any atom is -0.465 e. The van der Waals surface area contributed by atoms with Gasteiger partial charge < -0.3 is 15.4 Å². The van der Waals surface area contributed by atoms with Crippen molar-refractivity contribution >= 4 is 62.1 Å². The molecule has 0 saturated carbocycles. The molecule has 0 bridgehead atoms. The third-order valence-electron chi connectivity index (χ3n) is 4.06. The van der Waals surface area contributed by atoms with E-state index >= 15 is 0 Å². The number of benzene rings is 1. The second kappa shape index (κ2) is 9.38. The standard InChI is InChI=1S/C19H20N4O3S3/c1-10-5-7-13(8-6-10)20-18-22-23-19(29-18)27-9-14(24)21-16-15(17(25)26-4)11(2)12(3)28-16/h5-8H,9H2,1-4H3,(H,20,22)(H,21,24). The number of nitrogens with one attached hydrogen (secondary N) is 2. The van der Waals surface area contributed by atoms with E-state index in [1.165, 1.54) is 47.1 Å². The SMILES string of the molecule is COC(=O)c1c(NC(=O)CSc2nnc(Nc3ccc(C)cc3)s2)sc(C)c1C. The molecule has 0 unspecified atom stereocenters. The molecular formula is C19H20N4O3S3. The lowest BCUT2D eigenvalue weighted by Crippen LogP contribution is -2.16. The zero-order valence-corrected chi connectivity index (χ0v) is 18.8. The molecule has 29 heavy (non-hydrogen) atoms. The molecule has 3 aromatic rings. The maximum atomic E-state index is 12.4. The third kappa shape index (κ3) is 5.34. The summed E-state index contributed by atoms with van der Waals surface area (Å²) in [5, 5.41) is 15.4. The largest absolute Gasteiger partial charge is 0.465 e. The molecule has 1 aromatic carbocycles. The van der Waals surface area contributed by atoms with Crippen molar-refractivity contribution in [2.75, 3.05) is 23.5 Å². The van der Waals surface area contributed by atoms with Crippen molar-refractivity contribution in [3.05, 3.63) is 45.8 Å². The van der Waals surface area contributed by atoms with Crippen LogP contribution in [0.15, 0.2) is 28.6 Å². The number of aryl methyl sites for hydroxylation is 2. The van der Waals surface area contributed by atoms with Crippen LogP contribution in [-0.4, -0.2) is 34.9 Å². The highest BCUT2D eigenvalue weighted by Crippen LogP contribution is 2.33. The Morgan fingerprint density at radius 1 is 1.10 bits per heavy atom. The Labute approximate surface area is 180 Å². The van der Waals surface area contributed by atoms with Crippen molar-refractivity contribution in [2.45, 2.75) is 25.1 Å². The highest BCUT2D eigenvalue weighted by molar-refractivity contribution is 8.01. The highest BCUT2D eigenvalue weighted by Gasteiger charge is 2.21. The van der Waals surface area contributed by atoms with Crippen LogP contribution in [0, 0.1) is 20.8 Å². The van der Waals surface area contributed by atoms with Gasteiger partial charge in [-0.15, -0.1) is 21.5 Å². The van der Waals surface area contributed by atoms with E-state index in [4.69, 9.17) is 4.74 Å². The second-order valence-corrected chi connectivity index (χ2v) is 9.60. The van der Waals surface area contributed by atoms with Crippen molar-refractivity contribution in [3.63, 3.8) is 0 Å². The number of hydrogen-bond acceptors (Lipinski definition) is 9. The Morgan fingerprint density at radius 3 is 2.52 bits per heavy atom. The van der Waals surface area contributed by atoms with Crippen LogP contribution >= 0.6 is 34.4 Å². The molecule has 0 atom stereocenters. The molecule has 0 spiro atoms. The summed E-state index contributed by atoms with van der Waals surface area (Å²) in [4.78, 5) is 25.3. The van der Waals surface area contributed by atoms with Gasteiger partial charge in [0.05, 0.1) is 18.4 Å². The zero-order valence-electron chi connectivity index (χ0n) is 16.4. The lowest BCUT2D eigenvalue weighted by molar-refractivity contribution is -0.113. The number of nitrogens with zero attached hydrogens (tertiary/aromatic N) is 2. The van der Waals surface area contributed by atoms with Gasteiger partial charge in [-0.3, -0.25) is 4.79 Å². The predicted octanol–water partition coefficient (Wildman–Crippen LogP) is 4.79. The fourth-order valence-electron chi connectivity index (χ4n) is 2.43. The highest BCUT2D eigenvalue weighted by atomic mass is 32.2. The summed E-state index contributed by atoms with van der Waals surface area (Å²) >= 11 is 4.03. The molecule has 1 amide bonds. The van der Waals surface area contributed by atoms with E-state index in [1.807, 2.05) is 45.0 Å². The minimum absolute atomic E-state index is 0.162. The summed E-state index contributed by atoms with van der Waals surface area (Å²) in [5.74, 6) is -0.508. The number of thiophene rings is 1. The number of carbonyl (C=O) groups excluding carboxylic acids is 2. The first kappa shape index (κ1) is 21.3. The quantitative estimate of drug-likeness (QED) is 0.397. The van der Waals surface area contributed by atoms with Gasteiger partial charge in [0.15, 0.2) is 4.34 Å². The molecule has 0 radical (unpaired) electrons. The Kier molecular flexibility index (Phi) is 6.88. The number of amides is 1. The Morgan fingerprint density at radius 2 is 1.83 bits per heavy atom. The molecular weight excluding hydrogens is 428 g/mol. The van der Waals surface area contributed by atoms with Crippen molar-refractivity contribution in [2.24, 2.45) is 0 Å². The van der Waals surface area contributed by atoms with Gasteiger partial charge in [0.25, 0.3) is 0 Å². The molecule has 3 rings (SSSR count). The van der Waals surface area contributed by atoms with Gasteiger partial charge in [-0.25, -0.2) is 4.79 Å². The lowest BCUT2D eigenvalue weighted by Gasteiger charge is -2.05. The monoisotopic (exact) mass is 448 g/mol. The van der Waals surface area contributed by atoms with Gasteiger partial charge in [-0.1, -0.05) is 40.8 Å². The van der Waals surface area contributed by atoms with Crippen LogP contribution in [0.4, 0.5) is 15.8 Å². The number of carbonyl (C=O) groups is 2. The summed E-state index contributed by atoms with van der Waals surface area (Å²) < 4.78 is 5.51. The topological polar surface area (TPSA) is 93.2 Å². The maximum Gasteiger partial charge on any atom is 0.341 e. The van der Waals surface area contributed by atoms with Crippen LogP contribution in [0.1, 0.15) is 26.4 Å². The minimum atomic E-state index is -0.453. The fourth-order valence-corrected chi connectivity index (χ4v) is 5.07. The number of esters is 1. The van der Waals surface area contributed by atoms with Crippen LogP contribution in [0.3, 0.4) is 0 Å². The molecule has 152 valence electrons. The number of hydrogen-bond donors (Lipinski definition) is 2. The Hall–Kier alpha value is -2.43. The number of aromatic nitrogens is 2. The first-order chi connectivity index (χ1) is 13.9. The average Bonchev–Trinajstić information content (AvgIpc) is 3.25. The summed E-state index contributed by atoms with van der Waals surface area (Å²) in [6.07, 6.45) is 0. The Balaban J connectivity index is 1.58. The van der Waals surface area contributed by atoms with Crippen molar-refractivity contribution in [1.82, 2.24) is 10.2 Å². The predicted molar refractivity (Wildman–Crippen MR) is 119 cm³/mol. The number of rotatable bonds is 7. The zero-order chi connectivity index (χ0) is 21.0.